The van der Waals surface area contributed by atoms with E-state index in [9.17, 15) is 13.6 Å². The molecule has 0 fully saturated rings. The molecule has 0 atom stereocenters. The Morgan fingerprint density at radius 1 is 1.14 bits per heavy atom. The van der Waals surface area contributed by atoms with Gasteiger partial charge in [0.05, 0.1) is 6.42 Å². The van der Waals surface area contributed by atoms with Gasteiger partial charge in [-0.1, -0.05) is 24.3 Å². The molecule has 0 aliphatic carbocycles. The largest absolute Gasteiger partial charge is 0.398 e. The molecule has 0 radical (unpaired) electrons. The summed E-state index contributed by atoms with van der Waals surface area (Å²) >= 11 is 0. The van der Waals surface area contributed by atoms with Crippen molar-refractivity contribution in [2.45, 2.75) is 13.0 Å². The molecule has 2 rings (SSSR count). The van der Waals surface area contributed by atoms with Crippen molar-refractivity contribution in [3.8, 4) is 0 Å². The van der Waals surface area contributed by atoms with Crippen LogP contribution >= 0.6 is 0 Å². The summed E-state index contributed by atoms with van der Waals surface area (Å²) in [6.07, 6.45) is 0.0143. The lowest BCUT2D eigenvalue weighted by Gasteiger charge is -2.18. The lowest BCUT2D eigenvalue weighted by Crippen LogP contribution is -2.28. The van der Waals surface area contributed by atoms with Gasteiger partial charge in [-0.15, -0.1) is 0 Å². The number of hydrogen-bond acceptors (Lipinski definition) is 2. The number of hydrogen-bond donors (Lipinski definition) is 1. The zero-order valence-corrected chi connectivity index (χ0v) is 11.6. The molecule has 0 aromatic heterocycles. The monoisotopic (exact) mass is 290 g/mol. The van der Waals surface area contributed by atoms with Crippen molar-refractivity contribution in [2.24, 2.45) is 0 Å². The molecule has 3 nitrogen and oxygen atoms in total. The molecule has 0 bridgehead atoms. The molecule has 5 heteroatoms. The van der Waals surface area contributed by atoms with Crippen LogP contribution in [0.3, 0.4) is 0 Å². The van der Waals surface area contributed by atoms with Crippen LogP contribution in [0.4, 0.5) is 14.5 Å². The number of benzene rings is 2. The van der Waals surface area contributed by atoms with Crippen molar-refractivity contribution < 1.29 is 13.6 Å². The summed E-state index contributed by atoms with van der Waals surface area (Å²) in [7, 11) is 1.65. The quantitative estimate of drug-likeness (QED) is 0.880. The predicted molar refractivity (Wildman–Crippen MR) is 77.4 cm³/mol. The Morgan fingerprint density at radius 3 is 2.52 bits per heavy atom. The van der Waals surface area contributed by atoms with E-state index in [-0.39, 0.29) is 12.3 Å². The average Bonchev–Trinajstić information content (AvgIpc) is 2.45. The third-order valence-corrected chi connectivity index (χ3v) is 3.23. The summed E-state index contributed by atoms with van der Waals surface area (Å²) in [4.78, 5) is 13.6. The number of amides is 1. The van der Waals surface area contributed by atoms with E-state index in [1.807, 2.05) is 18.2 Å². The van der Waals surface area contributed by atoms with E-state index in [4.69, 9.17) is 5.73 Å². The van der Waals surface area contributed by atoms with Gasteiger partial charge in [0.25, 0.3) is 0 Å². The second-order valence-corrected chi connectivity index (χ2v) is 4.87. The second-order valence-electron chi connectivity index (χ2n) is 4.87. The topological polar surface area (TPSA) is 46.3 Å². The standard InChI is InChI=1S/C16H16F2N2O/c1-20(10-12-4-2-3-5-15(12)19)16(21)9-11-6-7-13(17)14(18)8-11/h2-8H,9-10,19H2,1H3. The van der Waals surface area contributed by atoms with E-state index in [1.165, 1.54) is 11.0 Å². The van der Waals surface area contributed by atoms with Crippen LogP contribution < -0.4 is 5.73 Å². The van der Waals surface area contributed by atoms with Crippen LogP contribution in [0.15, 0.2) is 42.5 Å². The molecule has 2 aromatic rings. The second kappa shape index (κ2) is 6.35. The first-order valence-electron chi connectivity index (χ1n) is 6.48. The maximum Gasteiger partial charge on any atom is 0.227 e. The minimum atomic E-state index is -0.949. The van der Waals surface area contributed by atoms with Gasteiger partial charge in [-0.25, -0.2) is 8.78 Å². The number of halogens is 2. The van der Waals surface area contributed by atoms with E-state index in [2.05, 4.69) is 0 Å². The van der Waals surface area contributed by atoms with E-state index >= 15 is 0 Å². The molecule has 0 aliphatic heterocycles. The van der Waals surface area contributed by atoms with Gasteiger partial charge in [-0.3, -0.25) is 4.79 Å². The maximum atomic E-state index is 13.1. The van der Waals surface area contributed by atoms with Gasteiger partial charge >= 0.3 is 0 Å². The summed E-state index contributed by atoms with van der Waals surface area (Å²) in [5, 5.41) is 0. The van der Waals surface area contributed by atoms with Crippen molar-refractivity contribution in [2.75, 3.05) is 12.8 Å². The molecule has 0 saturated carbocycles. The fraction of sp³-hybridized carbons (Fsp3) is 0.188. The molecule has 0 saturated heterocycles. The summed E-state index contributed by atoms with van der Waals surface area (Å²) in [6, 6.07) is 10.7. The Bertz CT molecular complexity index is 658. The first kappa shape index (κ1) is 15.0. The lowest BCUT2D eigenvalue weighted by molar-refractivity contribution is -0.129. The Morgan fingerprint density at radius 2 is 1.86 bits per heavy atom. The van der Waals surface area contributed by atoms with Crippen LogP contribution in [0.5, 0.6) is 0 Å². The number of nitrogens with two attached hydrogens (primary N) is 1. The summed E-state index contributed by atoms with van der Waals surface area (Å²) < 4.78 is 26.0. The smallest absolute Gasteiger partial charge is 0.227 e. The Labute approximate surface area is 122 Å². The van der Waals surface area contributed by atoms with Crippen molar-refractivity contribution >= 4 is 11.6 Å². The normalized spacial score (nSPS) is 10.4. The van der Waals surface area contributed by atoms with Gasteiger partial charge in [-0.2, -0.15) is 0 Å². The lowest BCUT2D eigenvalue weighted by atomic mass is 10.1. The van der Waals surface area contributed by atoms with Crippen molar-refractivity contribution in [1.29, 1.82) is 0 Å². The summed E-state index contributed by atoms with van der Waals surface area (Å²) in [5.41, 5.74) is 7.73. The van der Waals surface area contributed by atoms with Gasteiger partial charge in [0.2, 0.25) is 5.91 Å². The molecule has 2 aromatic carbocycles. The van der Waals surface area contributed by atoms with Crippen LogP contribution in [-0.4, -0.2) is 17.9 Å². The van der Waals surface area contributed by atoms with Crippen LogP contribution in [0.1, 0.15) is 11.1 Å². The number of anilines is 1. The maximum absolute atomic E-state index is 13.1. The van der Waals surface area contributed by atoms with E-state index < -0.39 is 11.6 Å². The number of rotatable bonds is 4. The van der Waals surface area contributed by atoms with Crippen LogP contribution in [0, 0.1) is 11.6 Å². The van der Waals surface area contributed by atoms with E-state index in [0.717, 1.165) is 17.7 Å². The van der Waals surface area contributed by atoms with Crippen LogP contribution in [0.25, 0.3) is 0 Å². The van der Waals surface area contributed by atoms with Crippen molar-refractivity contribution in [3.63, 3.8) is 0 Å². The Balaban J connectivity index is 2.02. The number of para-hydroxylation sites is 1. The van der Waals surface area contributed by atoms with Crippen LogP contribution in [-0.2, 0) is 17.8 Å². The number of carbonyl (C=O) groups is 1. The molecule has 21 heavy (non-hydrogen) atoms. The molecular weight excluding hydrogens is 274 g/mol. The van der Waals surface area contributed by atoms with Gasteiger partial charge in [-0.05, 0) is 29.3 Å². The molecule has 0 spiro atoms. The minimum absolute atomic E-state index is 0.0143. The predicted octanol–water partition coefficient (Wildman–Crippen LogP) is 2.75. The number of likely N-dealkylation sites (N-methyl/N-ethyl adjacent to an activating group) is 1. The van der Waals surface area contributed by atoms with Gasteiger partial charge in [0.15, 0.2) is 11.6 Å². The van der Waals surface area contributed by atoms with E-state index in [0.29, 0.717) is 17.8 Å². The third kappa shape index (κ3) is 3.78. The highest BCUT2D eigenvalue weighted by molar-refractivity contribution is 5.78. The molecule has 0 unspecified atom stereocenters. The van der Waals surface area contributed by atoms with Gasteiger partial charge < -0.3 is 10.6 Å². The zero-order valence-electron chi connectivity index (χ0n) is 11.6. The minimum Gasteiger partial charge on any atom is -0.398 e. The Kier molecular flexibility index (Phi) is 4.52. The third-order valence-electron chi connectivity index (χ3n) is 3.23. The number of nitrogen functional groups attached to an aromatic ring is 1. The van der Waals surface area contributed by atoms with Crippen LogP contribution in [0.2, 0.25) is 0 Å². The van der Waals surface area contributed by atoms with Gasteiger partial charge in [0.1, 0.15) is 0 Å². The molecule has 2 N–H and O–H groups in total. The van der Waals surface area contributed by atoms with Crippen molar-refractivity contribution in [1.82, 2.24) is 4.90 Å². The van der Waals surface area contributed by atoms with Crippen molar-refractivity contribution in [3.05, 3.63) is 65.2 Å². The fourth-order valence-electron chi connectivity index (χ4n) is 1.98. The molecule has 1 amide bonds. The molecule has 0 heterocycles. The fourth-order valence-corrected chi connectivity index (χ4v) is 1.98. The van der Waals surface area contributed by atoms with Gasteiger partial charge in [0, 0.05) is 19.3 Å². The number of carbonyl (C=O) groups excluding carboxylic acids is 1. The number of nitrogens with zero attached hydrogens (tertiary/aromatic N) is 1. The molecular formula is C16H16F2N2O. The highest BCUT2D eigenvalue weighted by atomic mass is 19.2. The molecule has 110 valence electrons. The summed E-state index contributed by atoms with van der Waals surface area (Å²) in [5.74, 6) is -2.06. The SMILES string of the molecule is CN(Cc1ccccc1N)C(=O)Cc1ccc(F)c(F)c1. The average molecular weight is 290 g/mol. The first-order chi connectivity index (χ1) is 9.97. The summed E-state index contributed by atoms with van der Waals surface area (Å²) in [6.45, 7) is 0.370. The molecule has 0 aliphatic rings. The highest BCUT2D eigenvalue weighted by Crippen LogP contribution is 2.14. The zero-order chi connectivity index (χ0) is 15.4. The first-order valence-corrected chi connectivity index (χ1v) is 6.48. The highest BCUT2D eigenvalue weighted by Gasteiger charge is 2.12. The van der Waals surface area contributed by atoms with E-state index in [1.54, 1.807) is 13.1 Å². The Hall–Kier alpha value is -2.43.